The predicted octanol–water partition coefficient (Wildman–Crippen LogP) is 2.55. The molecule has 1 aromatic carbocycles. The number of ether oxygens (including phenoxy) is 1. The average molecular weight is 328 g/mol. The van der Waals surface area contributed by atoms with Crippen LogP contribution in [0.2, 0.25) is 5.15 Å². The second kappa shape index (κ2) is 7.23. The van der Waals surface area contributed by atoms with Crippen LogP contribution in [0.5, 0.6) is 11.8 Å². The molecule has 1 N–H and O–H groups in total. The molecule has 0 unspecified atom stereocenters. The average Bonchev–Trinajstić information content (AvgIpc) is 2.59. The SMILES string of the molecule is Clc1ccc(NN=Cc2ccc(Oc3ncncn3)cc2)nn1. The summed E-state index contributed by atoms with van der Waals surface area (Å²) in [4.78, 5) is 11.5. The molecular weight excluding hydrogens is 318 g/mol. The first kappa shape index (κ1) is 14.8. The van der Waals surface area contributed by atoms with Crippen LogP contribution in [-0.4, -0.2) is 31.4 Å². The van der Waals surface area contributed by atoms with Crippen LogP contribution in [-0.2, 0) is 0 Å². The van der Waals surface area contributed by atoms with Gasteiger partial charge in [-0.1, -0.05) is 11.6 Å². The third kappa shape index (κ3) is 4.42. The second-order valence-electron chi connectivity index (χ2n) is 4.20. The van der Waals surface area contributed by atoms with Crippen LogP contribution >= 0.6 is 11.6 Å². The van der Waals surface area contributed by atoms with Gasteiger partial charge >= 0.3 is 6.01 Å². The number of anilines is 1. The van der Waals surface area contributed by atoms with Crippen molar-refractivity contribution in [1.82, 2.24) is 25.1 Å². The molecule has 0 aliphatic rings. The van der Waals surface area contributed by atoms with E-state index in [0.717, 1.165) is 5.56 Å². The molecule has 2 heterocycles. The topological polar surface area (TPSA) is 98.1 Å². The number of halogens is 1. The largest absolute Gasteiger partial charge is 0.424 e. The predicted molar refractivity (Wildman–Crippen MR) is 84.6 cm³/mol. The molecule has 0 amide bonds. The van der Waals surface area contributed by atoms with E-state index in [-0.39, 0.29) is 6.01 Å². The minimum absolute atomic E-state index is 0.240. The van der Waals surface area contributed by atoms with Crippen molar-refractivity contribution in [1.29, 1.82) is 0 Å². The molecule has 0 spiro atoms. The minimum Gasteiger partial charge on any atom is -0.424 e. The first-order valence-corrected chi connectivity index (χ1v) is 6.85. The monoisotopic (exact) mass is 327 g/mol. The van der Waals surface area contributed by atoms with Gasteiger partial charge in [0.25, 0.3) is 0 Å². The lowest BCUT2D eigenvalue weighted by molar-refractivity contribution is 0.439. The van der Waals surface area contributed by atoms with Crippen molar-refractivity contribution in [3.8, 4) is 11.8 Å². The molecule has 3 rings (SSSR count). The van der Waals surface area contributed by atoms with Gasteiger partial charge in [-0.15, -0.1) is 10.2 Å². The Hall–Kier alpha value is -3.13. The van der Waals surface area contributed by atoms with Crippen LogP contribution in [0.1, 0.15) is 5.56 Å². The van der Waals surface area contributed by atoms with Crippen molar-refractivity contribution >= 4 is 23.6 Å². The molecule has 0 saturated heterocycles. The molecule has 3 aromatic rings. The summed E-state index contributed by atoms with van der Waals surface area (Å²) in [7, 11) is 0. The van der Waals surface area contributed by atoms with Gasteiger partial charge < -0.3 is 4.74 Å². The number of nitrogens with zero attached hydrogens (tertiary/aromatic N) is 6. The number of aromatic nitrogens is 5. The molecule has 0 saturated carbocycles. The van der Waals surface area contributed by atoms with E-state index in [0.29, 0.717) is 16.7 Å². The summed E-state index contributed by atoms with van der Waals surface area (Å²) in [5.74, 6) is 1.12. The van der Waals surface area contributed by atoms with E-state index in [4.69, 9.17) is 16.3 Å². The number of rotatable bonds is 5. The number of nitrogens with one attached hydrogen (secondary N) is 1. The van der Waals surface area contributed by atoms with Crippen LogP contribution in [0, 0.1) is 0 Å². The molecule has 114 valence electrons. The Bertz CT molecular complexity index is 778. The number of hydrazone groups is 1. The van der Waals surface area contributed by atoms with Crippen molar-refractivity contribution in [2.75, 3.05) is 5.43 Å². The zero-order chi connectivity index (χ0) is 15.9. The molecule has 2 aromatic heterocycles. The highest BCUT2D eigenvalue weighted by Crippen LogP contribution is 2.16. The number of hydrogen-bond acceptors (Lipinski definition) is 8. The molecule has 0 aliphatic heterocycles. The summed E-state index contributed by atoms with van der Waals surface area (Å²) in [5.41, 5.74) is 3.63. The van der Waals surface area contributed by atoms with Gasteiger partial charge in [0.1, 0.15) is 18.4 Å². The molecule has 0 bridgehead atoms. The lowest BCUT2D eigenvalue weighted by Crippen LogP contribution is -1.95. The van der Waals surface area contributed by atoms with Gasteiger partial charge in [0, 0.05) is 0 Å². The van der Waals surface area contributed by atoms with Crippen molar-refractivity contribution in [3.63, 3.8) is 0 Å². The lowest BCUT2D eigenvalue weighted by Gasteiger charge is -2.02. The Labute approximate surface area is 136 Å². The summed E-state index contributed by atoms with van der Waals surface area (Å²) < 4.78 is 5.47. The Balaban J connectivity index is 1.58. The Morgan fingerprint density at radius 2 is 1.78 bits per heavy atom. The van der Waals surface area contributed by atoms with Crippen molar-refractivity contribution in [2.24, 2.45) is 5.10 Å². The van der Waals surface area contributed by atoms with Gasteiger partial charge in [0.05, 0.1) is 6.21 Å². The quantitative estimate of drug-likeness (QED) is 0.568. The molecule has 0 atom stereocenters. The van der Waals surface area contributed by atoms with E-state index in [2.05, 4.69) is 35.7 Å². The third-order valence-corrected chi connectivity index (χ3v) is 2.79. The summed E-state index contributed by atoms with van der Waals surface area (Å²) in [5, 5.41) is 11.9. The van der Waals surface area contributed by atoms with Gasteiger partial charge in [-0.2, -0.15) is 15.1 Å². The minimum atomic E-state index is 0.240. The highest BCUT2D eigenvalue weighted by molar-refractivity contribution is 6.29. The lowest BCUT2D eigenvalue weighted by atomic mass is 10.2. The summed E-state index contributed by atoms with van der Waals surface area (Å²) >= 11 is 5.65. The van der Waals surface area contributed by atoms with Gasteiger partial charge in [-0.25, -0.2) is 4.98 Å². The van der Waals surface area contributed by atoms with Crippen LogP contribution in [0.15, 0.2) is 54.2 Å². The first-order valence-electron chi connectivity index (χ1n) is 6.48. The van der Waals surface area contributed by atoms with Crippen LogP contribution in [0.4, 0.5) is 5.82 Å². The smallest absolute Gasteiger partial charge is 0.324 e. The highest BCUT2D eigenvalue weighted by atomic mass is 35.5. The Morgan fingerprint density at radius 1 is 1.00 bits per heavy atom. The Kier molecular flexibility index (Phi) is 4.65. The first-order chi connectivity index (χ1) is 11.3. The van der Waals surface area contributed by atoms with E-state index in [1.165, 1.54) is 12.7 Å². The fourth-order valence-electron chi connectivity index (χ4n) is 1.56. The summed E-state index contributed by atoms with van der Waals surface area (Å²) in [6, 6.07) is 10.8. The molecule has 8 nitrogen and oxygen atoms in total. The number of benzene rings is 1. The van der Waals surface area contributed by atoms with Crippen molar-refractivity contribution in [2.45, 2.75) is 0 Å². The zero-order valence-corrected chi connectivity index (χ0v) is 12.4. The van der Waals surface area contributed by atoms with Gasteiger partial charge in [-0.3, -0.25) is 5.43 Å². The highest BCUT2D eigenvalue weighted by Gasteiger charge is 1.99. The summed E-state index contributed by atoms with van der Waals surface area (Å²) in [6.07, 6.45) is 4.38. The van der Waals surface area contributed by atoms with E-state index in [1.807, 2.05) is 12.1 Å². The normalized spacial score (nSPS) is 10.7. The molecule has 0 radical (unpaired) electrons. The molecule has 0 aliphatic carbocycles. The maximum Gasteiger partial charge on any atom is 0.324 e. The number of hydrogen-bond donors (Lipinski definition) is 1. The second-order valence-corrected chi connectivity index (χ2v) is 4.59. The molecular formula is C14H10ClN7O. The van der Waals surface area contributed by atoms with E-state index in [9.17, 15) is 0 Å². The van der Waals surface area contributed by atoms with Gasteiger partial charge in [0.15, 0.2) is 11.0 Å². The molecule has 23 heavy (non-hydrogen) atoms. The zero-order valence-electron chi connectivity index (χ0n) is 11.7. The van der Waals surface area contributed by atoms with Gasteiger partial charge in [0.2, 0.25) is 0 Å². The maximum atomic E-state index is 5.65. The van der Waals surface area contributed by atoms with Crippen molar-refractivity contribution < 1.29 is 4.74 Å². The summed E-state index contributed by atoms with van der Waals surface area (Å²) in [6.45, 7) is 0. The standard InChI is InChI=1S/C14H10ClN7O/c15-12-5-6-13(22-20-12)21-19-7-10-1-3-11(4-2-10)23-14-17-8-16-9-18-14/h1-9H,(H,21,22). The maximum absolute atomic E-state index is 5.65. The molecule has 9 heteroatoms. The van der Waals surface area contributed by atoms with Gasteiger partial charge in [-0.05, 0) is 42.0 Å². The van der Waals surface area contributed by atoms with E-state index < -0.39 is 0 Å². The third-order valence-electron chi connectivity index (χ3n) is 2.58. The van der Waals surface area contributed by atoms with Crippen LogP contribution in [0.3, 0.4) is 0 Å². The van der Waals surface area contributed by atoms with Crippen LogP contribution < -0.4 is 10.2 Å². The van der Waals surface area contributed by atoms with E-state index >= 15 is 0 Å². The van der Waals surface area contributed by atoms with Crippen LogP contribution in [0.25, 0.3) is 0 Å². The Morgan fingerprint density at radius 3 is 2.48 bits per heavy atom. The fraction of sp³-hybridized carbons (Fsp3) is 0. The molecule has 0 fully saturated rings. The van der Waals surface area contributed by atoms with Crippen molar-refractivity contribution in [3.05, 3.63) is 59.8 Å². The van der Waals surface area contributed by atoms with E-state index in [1.54, 1.807) is 30.5 Å². The fourth-order valence-corrected chi connectivity index (χ4v) is 1.66.